The number of hydrogen-bond acceptors (Lipinski definition) is 2. The van der Waals surface area contributed by atoms with Crippen LogP contribution in [0.3, 0.4) is 0 Å². The van der Waals surface area contributed by atoms with E-state index in [2.05, 4.69) is 29.7 Å². The molecule has 1 amide bonds. The lowest BCUT2D eigenvalue weighted by Gasteiger charge is -2.29. The van der Waals surface area contributed by atoms with Crippen LogP contribution >= 0.6 is 0 Å². The highest BCUT2D eigenvalue weighted by atomic mass is 16.1. The van der Waals surface area contributed by atoms with E-state index in [1.165, 1.54) is 12.8 Å². The van der Waals surface area contributed by atoms with Crippen molar-refractivity contribution in [1.82, 2.24) is 10.6 Å². The van der Waals surface area contributed by atoms with Gasteiger partial charge in [-0.2, -0.15) is 0 Å². The first-order valence-corrected chi connectivity index (χ1v) is 6.92. The van der Waals surface area contributed by atoms with Crippen molar-refractivity contribution in [2.45, 2.75) is 45.1 Å². The molecule has 3 nitrogen and oxygen atoms in total. The van der Waals surface area contributed by atoms with Crippen molar-refractivity contribution < 1.29 is 4.79 Å². The molecule has 17 heavy (non-hydrogen) atoms. The molecule has 1 fully saturated rings. The third-order valence-electron chi connectivity index (χ3n) is 3.99. The lowest BCUT2D eigenvalue weighted by Crippen LogP contribution is -2.44. The Balaban J connectivity index is 1.71. The SMILES string of the molecule is CC(NC(=O)CC1C=CCC1)C1CCCNC1. The summed E-state index contributed by atoms with van der Waals surface area (Å²) >= 11 is 0. The average molecular weight is 236 g/mol. The molecular weight excluding hydrogens is 212 g/mol. The maximum atomic E-state index is 11.9. The van der Waals surface area contributed by atoms with E-state index in [-0.39, 0.29) is 5.91 Å². The number of allylic oxidation sites excluding steroid dienone is 2. The van der Waals surface area contributed by atoms with Crippen LogP contribution in [0, 0.1) is 11.8 Å². The molecule has 0 saturated carbocycles. The molecule has 1 aliphatic heterocycles. The molecule has 0 aromatic heterocycles. The Morgan fingerprint density at radius 2 is 2.41 bits per heavy atom. The summed E-state index contributed by atoms with van der Waals surface area (Å²) in [4.78, 5) is 11.9. The van der Waals surface area contributed by atoms with Crippen LogP contribution in [0.1, 0.15) is 39.0 Å². The van der Waals surface area contributed by atoms with Gasteiger partial charge < -0.3 is 10.6 Å². The number of amides is 1. The van der Waals surface area contributed by atoms with E-state index in [9.17, 15) is 4.79 Å². The van der Waals surface area contributed by atoms with Crippen molar-refractivity contribution in [3.8, 4) is 0 Å². The van der Waals surface area contributed by atoms with Gasteiger partial charge in [0.1, 0.15) is 0 Å². The van der Waals surface area contributed by atoms with E-state index < -0.39 is 0 Å². The van der Waals surface area contributed by atoms with E-state index in [0.717, 1.165) is 25.9 Å². The number of rotatable bonds is 4. The predicted octanol–water partition coefficient (Wildman–Crippen LogP) is 1.85. The van der Waals surface area contributed by atoms with Crippen molar-refractivity contribution >= 4 is 5.91 Å². The summed E-state index contributed by atoms with van der Waals surface area (Å²) in [5, 5.41) is 6.56. The van der Waals surface area contributed by atoms with E-state index in [1.807, 2.05) is 0 Å². The first-order chi connectivity index (χ1) is 8.25. The zero-order valence-corrected chi connectivity index (χ0v) is 10.7. The van der Waals surface area contributed by atoms with Crippen LogP contribution < -0.4 is 10.6 Å². The van der Waals surface area contributed by atoms with Crippen LogP contribution in [0.5, 0.6) is 0 Å². The third-order valence-corrected chi connectivity index (χ3v) is 3.99. The van der Waals surface area contributed by atoms with Crippen molar-refractivity contribution in [2.75, 3.05) is 13.1 Å². The Bertz CT molecular complexity index is 282. The van der Waals surface area contributed by atoms with Crippen molar-refractivity contribution in [1.29, 1.82) is 0 Å². The second-order valence-electron chi connectivity index (χ2n) is 5.43. The minimum absolute atomic E-state index is 0.222. The lowest BCUT2D eigenvalue weighted by molar-refractivity contribution is -0.122. The summed E-state index contributed by atoms with van der Waals surface area (Å²) in [6.45, 7) is 4.31. The molecule has 0 spiro atoms. The normalized spacial score (nSPS) is 30.2. The number of carbonyl (C=O) groups excluding carboxylic acids is 1. The minimum atomic E-state index is 0.222. The Labute approximate surface area is 104 Å². The molecule has 3 atom stereocenters. The Kier molecular flexibility index (Phi) is 4.60. The van der Waals surface area contributed by atoms with Gasteiger partial charge in [0, 0.05) is 12.5 Å². The fraction of sp³-hybridized carbons (Fsp3) is 0.786. The first kappa shape index (κ1) is 12.6. The summed E-state index contributed by atoms with van der Waals surface area (Å²) in [5.41, 5.74) is 0. The van der Waals surface area contributed by atoms with E-state index >= 15 is 0 Å². The second-order valence-corrected chi connectivity index (χ2v) is 5.43. The zero-order chi connectivity index (χ0) is 12.1. The van der Waals surface area contributed by atoms with Crippen LogP contribution in [0.15, 0.2) is 12.2 Å². The van der Waals surface area contributed by atoms with Gasteiger partial charge in [-0.1, -0.05) is 12.2 Å². The number of nitrogens with one attached hydrogen (secondary N) is 2. The molecule has 3 heteroatoms. The fourth-order valence-electron chi connectivity index (χ4n) is 2.84. The highest BCUT2D eigenvalue weighted by Crippen LogP contribution is 2.20. The molecule has 2 rings (SSSR count). The third kappa shape index (κ3) is 3.84. The zero-order valence-electron chi connectivity index (χ0n) is 10.7. The van der Waals surface area contributed by atoms with Crippen LogP contribution in [-0.2, 0) is 4.79 Å². The van der Waals surface area contributed by atoms with Gasteiger partial charge in [-0.05, 0) is 57.5 Å². The van der Waals surface area contributed by atoms with E-state index in [0.29, 0.717) is 24.3 Å². The molecule has 1 heterocycles. The second kappa shape index (κ2) is 6.20. The van der Waals surface area contributed by atoms with Gasteiger partial charge in [0.25, 0.3) is 0 Å². The smallest absolute Gasteiger partial charge is 0.220 e. The molecule has 96 valence electrons. The molecule has 1 saturated heterocycles. The van der Waals surface area contributed by atoms with Gasteiger partial charge in [-0.15, -0.1) is 0 Å². The maximum Gasteiger partial charge on any atom is 0.220 e. The molecule has 3 unspecified atom stereocenters. The van der Waals surface area contributed by atoms with Gasteiger partial charge in [-0.3, -0.25) is 4.79 Å². The summed E-state index contributed by atoms with van der Waals surface area (Å²) < 4.78 is 0. The van der Waals surface area contributed by atoms with Gasteiger partial charge in [0.05, 0.1) is 0 Å². The standard InChI is InChI=1S/C14H24N2O/c1-11(13-7-4-8-15-10-13)16-14(17)9-12-5-2-3-6-12/h2,5,11-13,15H,3-4,6-10H2,1H3,(H,16,17). The largest absolute Gasteiger partial charge is 0.353 e. The Morgan fingerprint density at radius 1 is 1.53 bits per heavy atom. The van der Waals surface area contributed by atoms with Crippen LogP contribution in [0.2, 0.25) is 0 Å². The maximum absolute atomic E-state index is 11.9. The molecular formula is C14H24N2O. The average Bonchev–Trinajstić information content (AvgIpc) is 2.82. The molecule has 0 aromatic rings. The molecule has 2 aliphatic rings. The van der Waals surface area contributed by atoms with Crippen molar-refractivity contribution in [3.05, 3.63) is 12.2 Å². The van der Waals surface area contributed by atoms with Crippen molar-refractivity contribution in [3.63, 3.8) is 0 Å². The number of carbonyl (C=O) groups is 1. The molecule has 0 bridgehead atoms. The van der Waals surface area contributed by atoms with E-state index in [4.69, 9.17) is 0 Å². The molecule has 0 aromatic carbocycles. The highest BCUT2D eigenvalue weighted by molar-refractivity contribution is 5.76. The number of hydrogen-bond donors (Lipinski definition) is 2. The quantitative estimate of drug-likeness (QED) is 0.731. The Morgan fingerprint density at radius 3 is 3.06 bits per heavy atom. The summed E-state index contributed by atoms with van der Waals surface area (Å²) in [5.74, 6) is 1.30. The molecule has 0 radical (unpaired) electrons. The Hall–Kier alpha value is -0.830. The fourth-order valence-corrected chi connectivity index (χ4v) is 2.84. The van der Waals surface area contributed by atoms with Gasteiger partial charge in [0.2, 0.25) is 5.91 Å². The van der Waals surface area contributed by atoms with Crippen LogP contribution in [-0.4, -0.2) is 25.0 Å². The number of piperidine rings is 1. The van der Waals surface area contributed by atoms with Crippen LogP contribution in [0.4, 0.5) is 0 Å². The minimum Gasteiger partial charge on any atom is -0.353 e. The van der Waals surface area contributed by atoms with E-state index in [1.54, 1.807) is 0 Å². The van der Waals surface area contributed by atoms with Crippen molar-refractivity contribution in [2.24, 2.45) is 11.8 Å². The lowest BCUT2D eigenvalue weighted by atomic mass is 9.92. The summed E-state index contributed by atoms with van der Waals surface area (Å²) in [6.07, 6.45) is 9.79. The summed E-state index contributed by atoms with van der Waals surface area (Å²) in [6, 6.07) is 0.306. The highest BCUT2D eigenvalue weighted by Gasteiger charge is 2.22. The van der Waals surface area contributed by atoms with Crippen LogP contribution in [0.25, 0.3) is 0 Å². The molecule has 1 aliphatic carbocycles. The van der Waals surface area contributed by atoms with Gasteiger partial charge in [0.15, 0.2) is 0 Å². The topological polar surface area (TPSA) is 41.1 Å². The van der Waals surface area contributed by atoms with Gasteiger partial charge >= 0.3 is 0 Å². The molecule has 2 N–H and O–H groups in total. The van der Waals surface area contributed by atoms with Gasteiger partial charge in [-0.25, -0.2) is 0 Å². The first-order valence-electron chi connectivity index (χ1n) is 6.92. The predicted molar refractivity (Wildman–Crippen MR) is 69.7 cm³/mol. The monoisotopic (exact) mass is 236 g/mol. The summed E-state index contributed by atoms with van der Waals surface area (Å²) in [7, 11) is 0.